The lowest BCUT2D eigenvalue weighted by Crippen LogP contribution is -2.43. The molecule has 3 unspecified atom stereocenters. The average molecular weight is 489 g/mol. The van der Waals surface area contributed by atoms with Crippen molar-refractivity contribution >= 4 is 12.0 Å². The SMILES string of the molecule is CC(NC(=O)c1cnn(C)c1OCC1CCN(C(=O)OC(C)(C)C)CC1)C1CC2CCCC(C2)C1. The van der Waals surface area contributed by atoms with Crippen LogP contribution in [0.1, 0.15) is 89.4 Å². The molecule has 2 amide bonds. The molecule has 4 rings (SSSR count). The van der Waals surface area contributed by atoms with E-state index in [0.29, 0.717) is 43.0 Å². The minimum Gasteiger partial charge on any atom is -0.477 e. The number of hydrogen-bond acceptors (Lipinski definition) is 5. The van der Waals surface area contributed by atoms with E-state index in [-0.39, 0.29) is 18.0 Å². The van der Waals surface area contributed by atoms with Gasteiger partial charge in [0, 0.05) is 26.2 Å². The molecule has 3 fully saturated rings. The molecule has 2 bridgehead atoms. The summed E-state index contributed by atoms with van der Waals surface area (Å²) in [4.78, 5) is 27.2. The van der Waals surface area contributed by atoms with Crippen LogP contribution in [0.25, 0.3) is 0 Å². The largest absolute Gasteiger partial charge is 0.477 e. The number of piperidine rings is 1. The molecule has 196 valence electrons. The van der Waals surface area contributed by atoms with Gasteiger partial charge in [0.05, 0.1) is 12.8 Å². The van der Waals surface area contributed by atoms with E-state index in [1.807, 2.05) is 27.8 Å². The molecule has 8 heteroatoms. The Kier molecular flexibility index (Phi) is 7.96. The summed E-state index contributed by atoms with van der Waals surface area (Å²) in [6, 6.07) is 0.149. The van der Waals surface area contributed by atoms with Crippen molar-refractivity contribution < 1.29 is 19.1 Å². The number of rotatable bonds is 6. The van der Waals surface area contributed by atoms with Gasteiger partial charge in [-0.2, -0.15) is 5.10 Å². The van der Waals surface area contributed by atoms with E-state index in [1.54, 1.807) is 15.8 Å². The monoisotopic (exact) mass is 488 g/mol. The molecular weight excluding hydrogens is 444 g/mol. The average Bonchev–Trinajstić information content (AvgIpc) is 3.17. The second-order valence-corrected chi connectivity index (χ2v) is 12.1. The number of amides is 2. The van der Waals surface area contributed by atoms with E-state index in [4.69, 9.17) is 9.47 Å². The molecule has 1 aromatic heterocycles. The molecule has 0 aromatic carbocycles. The van der Waals surface area contributed by atoms with E-state index in [9.17, 15) is 9.59 Å². The Balaban J connectivity index is 1.27. The van der Waals surface area contributed by atoms with Crippen molar-refractivity contribution in [1.82, 2.24) is 20.0 Å². The summed E-state index contributed by atoms with van der Waals surface area (Å²) in [7, 11) is 1.81. The highest BCUT2D eigenvalue weighted by Crippen LogP contribution is 2.43. The molecule has 1 aliphatic heterocycles. The third-order valence-corrected chi connectivity index (χ3v) is 8.08. The Bertz CT molecular complexity index is 872. The summed E-state index contributed by atoms with van der Waals surface area (Å²) in [6.07, 6.45) is 11.0. The Hall–Kier alpha value is -2.25. The summed E-state index contributed by atoms with van der Waals surface area (Å²) < 4.78 is 13.3. The number of likely N-dealkylation sites (tertiary alicyclic amines) is 1. The van der Waals surface area contributed by atoms with Gasteiger partial charge in [0.1, 0.15) is 11.2 Å². The van der Waals surface area contributed by atoms with E-state index in [2.05, 4.69) is 17.3 Å². The van der Waals surface area contributed by atoms with Crippen LogP contribution < -0.4 is 10.1 Å². The minimum absolute atomic E-state index is 0.101. The van der Waals surface area contributed by atoms with Gasteiger partial charge < -0.3 is 19.7 Å². The number of carbonyl (C=O) groups is 2. The number of ether oxygens (including phenoxy) is 2. The first kappa shape index (κ1) is 25.8. The van der Waals surface area contributed by atoms with E-state index >= 15 is 0 Å². The standard InChI is InChI=1S/C27H44N4O4/c1-18(22-14-20-7-6-8-21(13-20)15-22)29-24(32)23-16-28-30(5)25(23)34-17-19-9-11-31(12-10-19)26(33)35-27(2,3)4/h16,18-22H,6-15,17H2,1-5H3,(H,29,32). The molecule has 35 heavy (non-hydrogen) atoms. The molecule has 0 radical (unpaired) electrons. The van der Waals surface area contributed by atoms with Crippen molar-refractivity contribution in [3.8, 4) is 5.88 Å². The summed E-state index contributed by atoms with van der Waals surface area (Å²) in [5.74, 6) is 2.97. The lowest BCUT2D eigenvalue weighted by Gasteiger charge is -2.41. The lowest BCUT2D eigenvalue weighted by atomic mass is 9.66. The Labute approximate surface area is 210 Å². The fourth-order valence-electron chi connectivity index (χ4n) is 6.15. The minimum atomic E-state index is -0.485. The van der Waals surface area contributed by atoms with Crippen molar-refractivity contribution in [3.05, 3.63) is 11.8 Å². The van der Waals surface area contributed by atoms with Gasteiger partial charge in [-0.05, 0) is 83.5 Å². The molecule has 2 saturated carbocycles. The third-order valence-electron chi connectivity index (χ3n) is 8.08. The quantitative estimate of drug-likeness (QED) is 0.623. The number of nitrogens with zero attached hydrogens (tertiary/aromatic N) is 3. The van der Waals surface area contributed by atoms with Gasteiger partial charge in [-0.3, -0.25) is 4.79 Å². The predicted octanol–water partition coefficient (Wildman–Crippen LogP) is 4.78. The van der Waals surface area contributed by atoms with Crippen LogP contribution in [0.2, 0.25) is 0 Å². The highest BCUT2D eigenvalue weighted by atomic mass is 16.6. The maximum Gasteiger partial charge on any atom is 0.410 e. The molecular formula is C27H44N4O4. The van der Waals surface area contributed by atoms with Crippen molar-refractivity contribution in [3.63, 3.8) is 0 Å². The first-order chi connectivity index (χ1) is 16.6. The smallest absolute Gasteiger partial charge is 0.410 e. The van der Waals surface area contributed by atoms with Crippen LogP contribution in [0.4, 0.5) is 4.79 Å². The van der Waals surface area contributed by atoms with Gasteiger partial charge in [0.15, 0.2) is 0 Å². The summed E-state index contributed by atoms with van der Waals surface area (Å²) in [5, 5.41) is 7.55. The fraction of sp³-hybridized carbons (Fsp3) is 0.815. The number of hydrogen-bond donors (Lipinski definition) is 1. The first-order valence-electron chi connectivity index (χ1n) is 13.5. The second kappa shape index (κ2) is 10.8. The highest BCUT2D eigenvalue weighted by Gasteiger charge is 2.35. The molecule has 1 saturated heterocycles. The number of fused-ring (bicyclic) bond motifs is 2. The van der Waals surface area contributed by atoms with Gasteiger partial charge in [0.25, 0.3) is 5.91 Å². The highest BCUT2D eigenvalue weighted by molar-refractivity contribution is 5.96. The molecule has 2 heterocycles. The third kappa shape index (κ3) is 6.70. The zero-order chi connectivity index (χ0) is 25.2. The maximum atomic E-state index is 13.2. The van der Waals surface area contributed by atoms with E-state index < -0.39 is 5.60 Å². The van der Waals surface area contributed by atoms with Crippen molar-refractivity contribution in [1.29, 1.82) is 0 Å². The molecule has 8 nitrogen and oxygen atoms in total. The molecule has 0 spiro atoms. The number of aromatic nitrogens is 2. The van der Waals surface area contributed by atoms with Crippen molar-refractivity contribution in [2.24, 2.45) is 30.7 Å². The van der Waals surface area contributed by atoms with Crippen LogP contribution in [-0.4, -0.2) is 58.0 Å². The number of carbonyl (C=O) groups excluding carboxylic acids is 2. The zero-order valence-corrected chi connectivity index (χ0v) is 22.2. The number of aryl methyl sites for hydroxylation is 1. The van der Waals surface area contributed by atoms with Crippen molar-refractivity contribution in [2.45, 2.75) is 90.7 Å². The molecule has 2 aliphatic carbocycles. The molecule has 1 aromatic rings. The van der Waals surface area contributed by atoms with Gasteiger partial charge in [-0.25, -0.2) is 9.48 Å². The van der Waals surface area contributed by atoms with Crippen LogP contribution in [-0.2, 0) is 11.8 Å². The predicted molar refractivity (Wildman–Crippen MR) is 134 cm³/mol. The van der Waals surface area contributed by atoms with Gasteiger partial charge in [-0.1, -0.05) is 19.3 Å². The van der Waals surface area contributed by atoms with Crippen LogP contribution >= 0.6 is 0 Å². The zero-order valence-electron chi connectivity index (χ0n) is 22.2. The van der Waals surface area contributed by atoms with Crippen LogP contribution in [0.5, 0.6) is 5.88 Å². The van der Waals surface area contributed by atoms with Crippen LogP contribution in [0.3, 0.4) is 0 Å². The first-order valence-corrected chi connectivity index (χ1v) is 13.5. The van der Waals surface area contributed by atoms with Gasteiger partial charge >= 0.3 is 6.09 Å². The number of nitrogens with one attached hydrogen (secondary N) is 1. The van der Waals surface area contributed by atoms with Crippen LogP contribution in [0.15, 0.2) is 6.20 Å². The normalized spacial score (nSPS) is 26.2. The van der Waals surface area contributed by atoms with Gasteiger partial charge in [-0.15, -0.1) is 0 Å². The summed E-state index contributed by atoms with van der Waals surface area (Å²) in [6.45, 7) is 9.62. The van der Waals surface area contributed by atoms with Crippen molar-refractivity contribution in [2.75, 3.05) is 19.7 Å². The maximum absolute atomic E-state index is 13.2. The summed E-state index contributed by atoms with van der Waals surface area (Å²) >= 11 is 0. The van der Waals surface area contributed by atoms with Gasteiger partial charge in [0.2, 0.25) is 5.88 Å². The molecule has 3 atom stereocenters. The lowest BCUT2D eigenvalue weighted by molar-refractivity contribution is 0.0163. The molecule has 1 N–H and O–H groups in total. The van der Waals surface area contributed by atoms with Crippen LogP contribution in [0, 0.1) is 23.7 Å². The summed E-state index contributed by atoms with van der Waals surface area (Å²) in [5.41, 5.74) is 0.0163. The Morgan fingerprint density at radius 1 is 1.11 bits per heavy atom. The Morgan fingerprint density at radius 3 is 2.40 bits per heavy atom. The fourth-order valence-corrected chi connectivity index (χ4v) is 6.15. The topological polar surface area (TPSA) is 85.7 Å². The Morgan fingerprint density at radius 2 is 1.77 bits per heavy atom. The van der Waals surface area contributed by atoms with E-state index in [1.165, 1.54) is 38.5 Å². The van der Waals surface area contributed by atoms with E-state index in [0.717, 1.165) is 24.7 Å². The molecule has 3 aliphatic rings. The second-order valence-electron chi connectivity index (χ2n) is 12.1.